The monoisotopic (exact) mass is 651 g/mol. The first kappa shape index (κ1) is 34.9. The lowest BCUT2D eigenvalue weighted by molar-refractivity contribution is -0.154. The molecule has 8 nitrogen and oxygen atoms in total. The molecule has 4 aromatic rings. The summed E-state index contributed by atoms with van der Waals surface area (Å²) in [5, 5.41) is 13.5. The zero-order chi connectivity index (χ0) is 29.2. The third-order valence-corrected chi connectivity index (χ3v) is 5.65. The number of hydrogen-bond donors (Lipinski definition) is 1. The molecule has 4 aromatic heterocycles. The lowest BCUT2D eigenvalue weighted by Crippen LogP contribution is -3.00. The molecule has 0 saturated heterocycles. The van der Waals surface area contributed by atoms with E-state index in [2.05, 4.69) is 36.4 Å². The van der Waals surface area contributed by atoms with Gasteiger partial charge in [-0.2, -0.15) is 36.1 Å². The summed E-state index contributed by atoms with van der Waals surface area (Å²) in [5.74, 6) is -0.783. The molecule has 0 radical (unpaired) electrons. The average Bonchev–Trinajstić information content (AvgIpc) is 3.61. The standard InChI is InChI=1S/C11H9F3N2O2S.C9H7F3N2OS.C2H3ClO.ClH/c1-7(17)16-10(18-6-11(12,13)14)5-8(15-16)9-3-2-4-19-9;10-9(11,12)5-15-8-4-6(13-14-8)7-2-1-3-16-7;1-2(3)4;/h2-5H,6H2,1H3;1-4H,5H2,(H,13,14);1H3;1H/p-1. The van der Waals surface area contributed by atoms with Crippen LogP contribution in [0.3, 0.4) is 0 Å². The minimum Gasteiger partial charge on any atom is -1.00 e. The van der Waals surface area contributed by atoms with Crippen molar-refractivity contribution in [1.29, 1.82) is 0 Å². The van der Waals surface area contributed by atoms with Crippen LogP contribution in [-0.2, 0) is 4.79 Å². The molecule has 0 aliphatic rings. The maximum absolute atomic E-state index is 12.1. The van der Waals surface area contributed by atoms with Crippen LogP contribution in [0.15, 0.2) is 47.2 Å². The Morgan fingerprint density at radius 1 is 0.950 bits per heavy atom. The third kappa shape index (κ3) is 12.8. The highest BCUT2D eigenvalue weighted by Crippen LogP contribution is 2.28. The van der Waals surface area contributed by atoms with E-state index in [-0.39, 0.29) is 29.4 Å². The molecule has 4 rings (SSSR count). The summed E-state index contributed by atoms with van der Waals surface area (Å²) in [6, 6.07) is 9.98. The summed E-state index contributed by atoms with van der Waals surface area (Å²) >= 11 is 7.47. The van der Waals surface area contributed by atoms with E-state index in [0.29, 0.717) is 11.4 Å². The first-order chi connectivity index (χ1) is 18.1. The molecule has 0 atom stereocenters. The molecule has 0 saturated carbocycles. The molecule has 1 N–H and O–H groups in total. The number of thiophene rings is 2. The molecule has 0 aliphatic carbocycles. The van der Waals surface area contributed by atoms with Crippen LogP contribution in [0.5, 0.6) is 11.8 Å². The second-order valence-corrected chi connectivity index (χ2v) is 9.58. The smallest absolute Gasteiger partial charge is 0.422 e. The van der Waals surface area contributed by atoms with Crippen molar-refractivity contribution in [2.45, 2.75) is 26.2 Å². The Balaban J connectivity index is 0.000000349. The number of aromatic nitrogens is 4. The van der Waals surface area contributed by atoms with Crippen LogP contribution >= 0.6 is 34.3 Å². The fourth-order valence-corrected chi connectivity index (χ4v) is 3.86. The molecule has 0 amide bonds. The number of hydrogen-bond acceptors (Lipinski definition) is 8. The Bertz CT molecular complexity index is 1320. The normalized spacial score (nSPS) is 10.8. The van der Waals surface area contributed by atoms with Crippen molar-refractivity contribution < 1.29 is 57.8 Å². The lowest BCUT2D eigenvalue weighted by atomic mass is 10.3. The van der Waals surface area contributed by atoms with E-state index >= 15 is 0 Å². The van der Waals surface area contributed by atoms with Crippen LogP contribution in [0.2, 0.25) is 0 Å². The molecule has 0 spiro atoms. The molecule has 220 valence electrons. The van der Waals surface area contributed by atoms with Gasteiger partial charge in [-0.05, 0) is 34.5 Å². The van der Waals surface area contributed by atoms with Gasteiger partial charge in [0.1, 0.15) is 5.69 Å². The highest BCUT2D eigenvalue weighted by atomic mass is 35.5. The van der Waals surface area contributed by atoms with Crippen LogP contribution in [0.1, 0.15) is 18.6 Å². The molecule has 0 aromatic carbocycles. The summed E-state index contributed by atoms with van der Waals surface area (Å²) < 4.78 is 81.8. The van der Waals surface area contributed by atoms with Crippen LogP contribution in [0.25, 0.3) is 21.1 Å². The molecular weight excluding hydrogens is 633 g/mol. The van der Waals surface area contributed by atoms with Crippen molar-refractivity contribution in [2.75, 3.05) is 13.2 Å². The average molecular weight is 652 g/mol. The van der Waals surface area contributed by atoms with Gasteiger partial charge in [0, 0.05) is 26.0 Å². The van der Waals surface area contributed by atoms with Crippen LogP contribution in [0.4, 0.5) is 26.3 Å². The molecular formula is C22H19Cl2F6N4O4S2-. The second kappa shape index (κ2) is 15.6. The largest absolute Gasteiger partial charge is 1.00 e. The number of halogens is 8. The van der Waals surface area contributed by atoms with Gasteiger partial charge in [0.05, 0.1) is 15.4 Å². The first-order valence-electron chi connectivity index (χ1n) is 10.4. The van der Waals surface area contributed by atoms with E-state index < -0.39 is 31.5 Å². The predicted octanol–water partition coefficient (Wildman–Crippen LogP) is 4.07. The maximum Gasteiger partial charge on any atom is 0.422 e. The molecule has 0 unspecified atom stereocenters. The van der Waals surface area contributed by atoms with Crippen LogP contribution < -0.4 is 21.9 Å². The zero-order valence-corrected chi connectivity index (χ0v) is 23.5. The fraction of sp³-hybridized carbons (Fsp3) is 0.273. The molecule has 18 heteroatoms. The number of carbonyl (C=O) groups is 2. The van der Waals surface area contributed by atoms with E-state index in [9.17, 15) is 35.9 Å². The topological polar surface area (TPSA) is 99.1 Å². The van der Waals surface area contributed by atoms with Gasteiger partial charge in [0.25, 0.3) is 0 Å². The number of aromatic amines is 1. The number of H-pyrrole nitrogens is 1. The molecule has 40 heavy (non-hydrogen) atoms. The van der Waals surface area contributed by atoms with Crippen molar-refractivity contribution in [1.82, 2.24) is 20.0 Å². The van der Waals surface area contributed by atoms with Gasteiger partial charge in [-0.1, -0.05) is 12.1 Å². The van der Waals surface area contributed by atoms with Crippen molar-refractivity contribution in [3.8, 4) is 32.9 Å². The maximum atomic E-state index is 12.1. The van der Waals surface area contributed by atoms with E-state index in [4.69, 9.17) is 0 Å². The van der Waals surface area contributed by atoms with Gasteiger partial charge >= 0.3 is 12.4 Å². The quantitative estimate of drug-likeness (QED) is 0.249. The molecule has 4 heterocycles. The van der Waals surface area contributed by atoms with Crippen molar-refractivity contribution in [3.05, 3.63) is 47.2 Å². The Hall–Kier alpha value is -3.08. The van der Waals surface area contributed by atoms with Gasteiger partial charge in [0.2, 0.25) is 22.9 Å². The number of carbonyl (C=O) groups excluding carboxylic acids is 2. The Labute approximate surface area is 242 Å². The number of ether oxygens (including phenoxy) is 2. The Morgan fingerprint density at radius 3 is 1.95 bits per heavy atom. The van der Waals surface area contributed by atoms with Crippen molar-refractivity contribution >= 4 is 45.4 Å². The third-order valence-electron chi connectivity index (χ3n) is 3.86. The Morgan fingerprint density at radius 2 is 1.48 bits per heavy atom. The van der Waals surface area contributed by atoms with E-state index in [0.717, 1.165) is 14.4 Å². The van der Waals surface area contributed by atoms with E-state index in [1.165, 1.54) is 48.7 Å². The summed E-state index contributed by atoms with van der Waals surface area (Å²) in [6.07, 6.45) is -8.81. The highest BCUT2D eigenvalue weighted by molar-refractivity contribution is 7.13. The van der Waals surface area contributed by atoms with Gasteiger partial charge in [0.15, 0.2) is 13.2 Å². The van der Waals surface area contributed by atoms with Crippen LogP contribution in [0, 0.1) is 0 Å². The van der Waals surface area contributed by atoms with Gasteiger partial charge in [-0.3, -0.25) is 14.7 Å². The number of nitrogens with zero attached hydrogens (tertiary/aromatic N) is 3. The minimum atomic E-state index is -4.46. The summed E-state index contributed by atoms with van der Waals surface area (Å²) in [7, 11) is 0. The molecule has 0 bridgehead atoms. The van der Waals surface area contributed by atoms with E-state index in [1.807, 2.05) is 17.5 Å². The second-order valence-electron chi connectivity index (χ2n) is 7.15. The number of nitrogens with one attached hydrogen (secondary N) is 1. The molecule has 0 aliphatic heterocycles. The van der Waals surface area contributed by atoms with Crippen molar-refractivity contribution in [2.24, 2.45) is 0 Å². The summed E-state index contributed by atoms with van der Waals surface area (Å²) in [5.41, 5.74) is 1.05. The number of alkyl halides is 6. The number of rotatable bonds is 6. The SMILES string of the molecule is CC(=O)Cl.CC(=O)n1nc(-c2cccs2)cc1OCC(F)(F)F.FC(F)(F)COc1cc(-c2cccs2)[nH]n1.[Cl-]. The van der Waals surface area contributed by atoms with Crippen molar-refractivity contribution in [3.63, 3.8) is 0 Å². The summed E-state index contributed by atoms with van der Waals surface area (Å²) in [4.78, 5) is 22.2. The van der Waals surface area contributed by atoms with E-state index in [1.54, 1.807) is 17.5 Å². The van der Waals surface area contributed by atoms with Gasteiger partial charge < -0.3 is 21.9 Å². The minimum absolute atomic E-state index is 0. The predicted molar refractivity (Wildman–Crippen MR) is 133 cm³/mol. The zero-order valence-electron chi connectivity index (χ0n) is 20.3. The lowest BCUT2D eigenvalue weighted by Gasteiger charge is -2.08. The van der Waals surface area contributed by atoms with Gasteiger partial charge in [-0.25, -0.2) is 0 Å². The molecule has 0 fully saturated rings. The Kier molecular flexibility index (Phi) is 13.7. The van der Waals surface area contributed by atoms with Gasteiger partial charge in [-0.15, -0.1) is 27.8 Å². The highest BCUT2D eigenvalue weighted by Gasteiger charge is 2.30. The first-order valence-corrected chi connectivity index (χ1v) is 12.6. The fourth-order valence-electron chi connectivity index (χ4n) is 2.48. The summed E-state index contributed by atoms with van der Waals surface area (Å²) in [6.45, 7) is -0.301. The van der Waals surface area contributed by atoms with Crippen LogP contribution in [-0.4, -0.2) is 56.7 Å².